The van der Waals surface area contributed by atoms with E-state index < -0.39 is 10.8 Å². The van der Waals surface area contributed by atoms with E-state index >= 15 is 0 Å². The number of furan rings is 1. The molecule has 0 radical (unpaired) electrons. The second-order valence-corrected chi connectivity index (χ2v) is 9.00. The number of carbonyl (C=O) groups is 1. The van der Waals surface area contributed by atoms with Crippen LogP contribution in [0, 0.1) is 10.1 Å². The van der Waals surface area contributed by atoms with Crippen molar-refractivity contribution in [3.8, 4) is 11.3 Å². The molecule has 12 heteroatoms. The number of hydrogen-bond donors (Lipinski definition) is 1. The molecule has 0 atom stereocenters. The number of anilines is 1. The Labute approximate surface area is 215 Å². The van der Waals surface area contributed by atoms with Crippen molar-refractivity contribution < 1.29 is 14.1 Å². The van der Waals surface area contributed by atoms with Gasteiger partial charge in [-0.2, -0.15) is 0 Å². The standard InChI is InChI=1S/C22H17Cl3N4O4S/c23-14-5-4-13(12-16(14)25)18-6-7-19(33-18)21(30)26-22(34)28-10-8-27(9-11-28)20-15(24)2-1-3-17(20)29(31)32/h1-7,12H,8-11H2,(H,26,30,34). The van der Waals surface area contributed by atoms with E-state index in [0.717, 1.165) is 0 Å². The zero-order valence-electron chi connectivity index (χ0n) is 17.5. The third kappa shape index (κ3) is 5.12. The molecule has 176 valence electrons. The number of para-hydroxylation sites is 1. The number of halogens is 3. The molecule has 2 heterocycles. The van der Waals surface area contributed by atoms with E-state index in [1.165, 1.54) is 6.07 Å². The van der Waals surface area contributed by atoms with Gasteiger partial charge in [0.25, 0.3) is 11.6 Å². The lowest BCUT2D eigenvalue weighted by atomic mass is 10.2. The minimum atomic E-state index is -0.486. The van der Waals surface area contributed by atoms with Gasteiger partial charge in [-0.25, -0.2) is 0 Å². The molecule has 0 unspecified atom stereocenters. The number of hydrogen-bond acceptors (Lipinski definition) is 6. The number of rotatable bonds is 4. The third-order valence-corrected chi connectivity index (χ3v) is 6.70. The second-order valence-electron chi connectivity index (χ2n) is 7.39. The smallest absolute Gasteiger partial charge is 0.294 e. The fourth-order valence-electron chi connectivity index (χ4n) is 3.60. The highest BCUT2D eigenvalue weighted by molar-refractivity contribution is 7.80. The van der Waals surface area contributed by atoms with Gasteiger partial charge < -0.3 is 14.2 Å². The first-order valence-corrected chi connectivity index (χ1v) is 11.6. The van der Waals surface area contributed by atoms with E-state index in [-0.39, 0.29) is 16.6 Å². The van der Waals surface area contributed by atoms with Crippen molar-refractivity contribution in [1.82, 2.24) is 10.2 Å². The maximum atomic E-state index is 12.6. The molecule has 1 saturated heterocycles. The summed E-state index contributed by atoms with van der Waals surface area (Å²) in [7, 11) is 0. The summed E-state index contributed by atoms with van der Waals surface area (Å²) in [5.41, 5.74) is 1.02. The summed E-state index contributed by atoms with van der Waals surface area (Å²) < 4.78 is 5.66. The quantitative estimate of drug-likeness (QED) is 0.260. The van der Waals surface area contributed by atoms with Gasteiger partial charge in [0.1, 0.15) is 11.4 Å². The Morgan fingerprint density at radius 2 is 1.74 bits per heavy atom. The lowest BCUT2D eigenvalue weighted by Crippen LogP contribution is -2.52. The van der Waals surface area contributed by atoms with Crippen LogP contribution in [-0.4, -0.2) is 47.0 Å². The molecular formula is C22H17Cl3N4O4S. The van der Waals surface area contributed by atoms with Gasteiger partial charge in [-0.3, -0.25) is 20.2 Å². The van der Waals surface area contributed by atoms with Gasteiger partial charge in [-0.1, -0.05) is 40.9 Å². The van der Waals surface area contributed by atoms with Crippen LogP contribution in [0.5, 0.6) is 0 Å². The number of amides is 1. The average Bonchev–Trinajstić information content (AvgIpc) is 3.31. The molecule has 0 bridgehead atoms. The van der Waals surface area contributed by atoms with Crippen LogP contribution >= 0.6 is 47.0 Å². The highest BCUT2D eigenvalue weighted by Crippen LogP contribution is 2.36. The summed E-state index contributed by atoms with van der Waals surface area (Å²) in [6.07, 6.45) is 0. The van der Waals surface area contributed by atoms with Gasteiger partial charge >= 0.3 is 0 Å². The number of piperazine rings is 1. The van der Waals surface area contributed by atoms with Gasteiger partial charge in [0.2, 0.25) is 0 Å². The van der Waals surface area contributed by atoms with Crippen molar-refractivity contribution in [2.75, 3.05) is 31.1 Å². The Hall–Kier alpha value is -2.85. The highest BCUT2D eigenvalue weighted by Gasteiger charge is 2.27. The van der Waals surface area contributed by atoms with Gasteiger partial charge in [-0.15, -0.1) is 0 Å². The monoisotopic (exact) mass is 538 g/mol. The SMILES string of the molecule is O=C(NC(=S)N1CCN(c2c(Cl)cccc2[N+](=O)[O-])CC1)c1ccc(-c2ccc(Cl)c(Cl)c2)o1. The van der Waals surface area contributed by atoms with Crippen LogP contribution in [0.25, 0.3) is 11.3 Å². The number of nitrogens with one attached hydrogen (secondary N) is 1. The number of nitrogens with zero attached hydrogens (tertiary/aromatic N) is 3. The first-order valence-electron chi connectivity index (χ1n) is 10.1. The highest BCUT2D eigenvalue weighted by atomic mass is 35.5. The van der Waals surface area contributed by atoms with Gasteiger partial charge in [0, 0.05) is 37.8 Å². The van der Waals surface area contributed by atoms with Gasteiger partial charge in [0.05, 0.1) is 20.0 Å². The van der Waals surface area contributed by atoms with Crippen molar-refractivity contribution in [3.05, 3.63) is 79.5 Å². The molecule has 1 amide bonds. The Bertz CT molecular complexity index is 1270. The molecule has 1 aliphatic rings. The Balaban J connectivity index is 1.38. The van der Waals surface area contributed by atoms with Crippen molar-refractivity contribution in [1.29, 1.82) is 0 Å². The normalized spacial score (nSPS) is 13.6. The van der Waals surface area contributed by atoms with Crippen LogP contribution in [0.2, 0.25) is 15.1 Å². The molecule has 1 aromatic heterocycles. The van der Waals surface area contributed by atoms with E-state index in [4.69, 9.17) is 51.4 Å². The average molecular weight is 540 g/mol. The third-order valence-electron chi connectivity index (χ3n) is 5.30. The van der Waals surface area contributed by atoms with Crippen molar-refractivity contribution >= 4 is 69.4 Å². The minimum absolute atomic E-state index is 0.0487. The summed E-state index contributed by atoms with van der Waals surface area (Å²) in [6, 6.07) is 12.8. The molecule has 0 saturated carbocycles. The van der Waals surface area contributed by atoms with Crippen LogP contribution in [-0.2, 0) is 0 Å². The van der Waals surface area contributed by atoms with E-state index in [1.807, 2.05) is 9.80 Å². The molecule has 1 fully saturated rings. The summed E-state index contributed by atoms with van der Waals surface area (Å²) in [6.45, 7) is 1.80. The number of carbonyl (C=O) groups excluding carboxylic acids is 1. The number of nitro groups is 1. The zero-order chi connectivity index (χ0) is 24.4. The first kappa shape index (κ1) is 24.3. The summed E-state index contributed by atoms with van der Waals surface area (Å²) in [5, 5.41) is 15.4. The number of benzene rings is 2. The summed E-state index contributed by atoms with van der Waals surface area (Å²) in [4.78, 5) is 27.2. The van der Waals surface area contributed by atoms with E-state index in [9.17, 15) is 14.9 Å². The molecule has 1 aliphatic heterocycles. The lowest BCUT2D eigenvalue weighted by molar-refractivity contribution is -0.384. The molecule has 8 nitrogen and oxygen atoms in total. The molecule has 4 rings (SSSR count). The fourth-order valence-corrected chi connectivity index (χ4v) is 4.46. The summed E-state index contributed by atoms with van der Waals surface area (Å²) in [5.74, 6) is 0.0683. The maximum Gasteiger partial charge on any atom is 0.294 e. The van der Waals surface area contributed by atoms with Crippen molar-refractivity contribution in [2.24, 2.45) is 0 Å². The van der Waals surface area contributed by atoms with Gasteiger partial charge in [-0.05, 0) is 48.6 Å². The Morgan fingerprint density at radius 3 is 2.41 bits per heavy atom. The molecule has 3 aromatic rings. The summed E-state index contributed by atoms with van der Waals surface area (Å²) >= 11 is 23.6. The predicted octanol–water partition coefficient (Wildman–Crippen LogP) is 5.65. The first-order chi connectivity index (χ1) is 16.2. The Morgan fingerprint density at radius 1 is 1.00 bits per heavy atom. The van der Waals surface area contributed by atoms with E-state index in [0.29, 0.717) is 58.3 Å². The largest absolute Gasteiger partial charge is 0.451 e. The van der Waals surface area contributed by atoms with Crippen LogP contribution in [0.15, 0.2) is 52.9 Å². The van der Waals surface area contributed by atoms with Crippen LogP contribution in [0.1, 0.15) is 10.6 Å². The van der Waals surface area contributed by atoms with Gasteiger partial charge in [0.15, 0.2) is 10.9 Å². The Kier molecular flexibility index (Phi) is 7.27. The van der Waals surface area contributed by atoms with Crippen LogP contribution in [0.4, 0.5) is 11.4 Å². The van der Waals surface area contributed by atoms with Crippen LogP contribution in [0.3, 0.4) is 0 Å². The van der Waals surface area contributed by atoms with E-state index in [1.54, 1.807) is 42.5 Å². The molecule has 0 aliphatic carbocycles. The second kappa shape index (κ2) is 10.2. The minimum Gasteiger partial charge on any atom is -0.451 e. The number of nitro benzene ring substituents is 1. The lowest BCUT2D eigenvalue weighted by Gasteiger charge is -2.37. The molecule has 2 aromatic carbocycles. The molecule has 0 spiro atoms. The fraction of sp³-hybridized carbons (Fsp3) is 0.182. The van der Waals surface area contributed by atoms with Crippen molar-refractivity contribution in [2.45, 2.75) is 0 Å². The van der Waals surface area contributed by atoms with E-state index in [2.05, 4.69) is 5.32 Å². The molecule has 34 heavy (non-hydrogen) atoms. The molecule has 1 N–H and O–H groups in total. The predicted molar refractivity (Wildman–Crippen MR) is 136 cm³/mol. The van der Waals surface area contributed by atoms with Crippen LogP contribution < -0.4 is 10.2 Å². The topological polar surface area (TPSA) is 91.9 Å². The molecular weight excluding hydrogens is 523 g/mol. The number of thiocarbonyl (C=S) groups is 1. The zero-order valence-corrected chi connectivity index (χ0v) is 20.5. The maximum absolute atomic E-state index is 12.6. The van der Waals surface area contributed by atoms with Crippen molar-refractivity contribution in [3.63, 3.8) is 0 Å².